The number of nitrogens with one attached hydrogen (secondary N) is 1. The largest absolute Gasteiger partial charge is 0.451 e. The van der Waals surface area contributed by atoms with Gasteiger partial charge in [-0.3, -0.25) is 24.1 Å². The van der Waals surface area contributed by atoms with Crippen LogP contribution in [0.3, 0.4) is 0 Å². The maximum absolute atomic E-state index is 12.9. The number of esters is 1. The van der Waals surface area contributed by atoms with Crippen molar-refractivity contribution < 1.29 is 28.3 Å². The first kappa shape index (κ1) is 21.2. The maximum Gasteiger partial charge on any atom is 0.326 e. The lowest BCUT2D eigenvalue weighted by molar-refractivity contribution is -0.156. The summed E-state index contributed by atoms with van der Waals surface area (Å²) in [7, 11) is 0. The third kappa shape index (κ3) is 5.08. The zero-order valence-electron chi connectivity index (χ0n) is 16.4. The van der Waals surface area contributed by atoms with Gasteiger partial charge in [0, 0.05) is 12.1 Å². The van der Waals surface area contributed by atoms with Crippen molar-refractivity contribution in [3.63, 3.8) is 0 Å². The Morgan fingerprint density at radius 2 is 1.83 bits per heavy atom. The molecule has 0 fully saturated rings. The van der Waals surface area contributed by atoms with Gasteiger partial charge >= 0.3 is 5.97 Å². The van der Waals surface area contributed by atoms with Crippen LogP contribution in [0.4, 0.5) is 4.39 Å². The zero-order chi connectivity index (χ0) is 21.7. The van der Waals surface area contributed by atoms with E-state index in [1.807, 2.05) is 0 Å². The average Bonchev–Trinajstić information content (AvgIpc) is 2.72. The fraction of sp³-hybridized carbons (Fsp3) is 0.273. The molecule has 0 bridgehead atoms. The fourth-order valence-electron chi connectivity index (χ4n) is 3.10. The molecule has 0 saturated carbocycles. The van der Waals surface area contributed by atoms with Crippen molar-refractivity contribution in [1.29, 1.82) is 0 Å². The number of fused-ring (bicyclic) bond motifs is 1. The van der Waals surface area contributed by atoms with E-state index >= 15 is 0 Å². The van der Waals surface area contributed by atoms with Crippen molar-refractivity contribution in [3.8, 4) is 0 Å². The monoisotopic (exact) mass is 412 g/mol. The van der Waals surface area contributed by atoms with E-state index in [0.717, 1.165) is 10.5 Å². The molecule has 2 aromatic rings. The quantitative estimate of drug-likeness (QED) is 0.551. The highest BCUT2D eigenvalue weighted by atomic mass is 19.1. The summed E-state index contributed by atoms with van der Waals surface area (Å²) in [4.78, 5) is 49.8. The van der Waals surface area contributed by atoms with Crippen LogP contribution in [0.1, 0.15) is 28.4 Å². The first-order chi connectivity index (χ1) is 14.3. The Hall–Kier alpha value is -3.55. The van der Waals surface area contributed by atoms with Crippen molar-refractivity contribution in [2.45, 2.75) is 25.9 Å². The number of hydrogen-bond donors (Lipinski definition) is 1. The number of ether oxygens (including phenoxy) is 1. The van der Waals surface area contributed by atoms with Crippen LogP contribution in [0.15, 0.2) is 48.5 Å². The lowest BCUT2D eigenvalue weighted by Crippen LogP contribution is -2.46. The van der Waals surface area contributed by atoms with Gasteiger partial charge in [-0.05, 0) is 42.7 Å². The minimum Gasteiger partial charge on any atom is -0.451 e. The third-order valence-electron chi connectivity index (χ3n) is 4.73. The molecule has 1 aliphatic heterocycles. The second-order valence-electron chi connectivity index (χ2n) is 6.92. The van der Waals surface area contributed by atoms with Crippen LogP contribution in [-0.2, 0) is 32.0 Å². The molecule has 0 aromatic heterocycles. The number of benzene rings is 2. The lowest BCUT2D eigenvalue weighted by atomic mass is 9.98. The smallest absolute Gasteiger partial charge is 0.326 e. The van der Waals surface area contributed by atoms with E-state index in [9.17, 15) is 23.6 Å². The Morgan fingerprint density at radius 3 is 2.57 bits per heavy atom. The number of imide groups is 1. The van der Waals surface area contributed by atoms with Gasteiger partial charge in [-0.25, -0.2) is 4.39 Å². The molecule has 1 N–H and O–H groups in total. The first-order valence-electron chi connectivity index (χ1n) is 9.49. The van der Waals surface area contributed by atoms with Crippen molar-refractivity contribution in [2.24, 2.45) is 0 Å². The summed E-state index contributed by atoms with van der Waals surface area (Å²) in [5, 5.41) is 2.63. The van der Waals surface area contributed by atoms with Gasteiger partial charge in [-0.1, -0.05) is 30.3 Å². The normalized spacial score (nSPS) is 14.1. The van der Waals surface area contributed by atoms with Gasteiger partial charge in [0.1, 0.15) is 12.4 Å². The predicted molar refractivity (Wildman–Crippen MR) is 105 cm³/mol. The molecule has 0 unspecified atom stereocenters. The zero-order valence-corrected chi connectivity index (χ0v) is 16.4. The van der Waals surface area contributed by atoms with Crippen LogP contribution in [0, 0.1) is 5.82 Å². The van der Waals surface area contributed by atoms with E-state index in [2.05, 4.69) is 5.32 Å². The summed E-state index contributed by atoms with van der Waals surface area (Å²) in [5.74, 6) is -2.75. The summed E-state index contributed by atoms with van der Waals surface area (Å²) >= 11 is 0. The number of hydrogen-bond acceptors (Lipinski definition) is 5. The molecule has 156 valence electrons. The van der Waals surface area contributed by atoms with Gasteiger partial charge in [-0.15, -0.1) is 0 Å². The summed E-state index contributed by atoms with van der Waals surface area (Å²) in [6.07, 6.45) is -0.578. The van der Waals surface area contributed by atoms with Gasteiger partial charge in [0.2, 0.25) is 5.91 Å². The Morgan fingerprint density at radius 1 is 1.13 bits per heavy atom. The number of carbonyl (C=O) groups is 4. The van der Waals surface area contributed by atoms with Gasteiger partial charge in [-0.2, -0.15) is 0 Å². The molecule has 1 atom stereocenters. The Bertz CT molecular complexity index is 974. The number of carbonyl (C=O) groups excluding carboxylic acids is 4. The molecule has 0 aliphatic carbocycles. The molecule has 0 saturated heterocycles. The predicted octanol–water partition coefficient (Wildman–Crippen LogP) is 1.64. The van der Waals surface area contributed by atoms with Gasteiger partial charge in [0.15, 0.2) is 6.10 Å². The van der Waals surface area contributed by atoms with E-state index in [0.29, 0.717) is 17.5 Å². The number of rotatable bonds is 7. The second-order valence-corrected chi connectivity index (χ2v) is 6.92. The summed E-state index contributed by atoms with van der Waals surface area (Å²) < 4.78 is 18.0. The maximum atomic E-state index is 12.9. The molecular formula is C22H21FN2O5. The average molecular weight is 412 g/mol. The molecule has 7 nitrogen and oxygen atoms in total. The van der Waals surface area contributed by atoms with Crippen molar-refractivity contribution in [1.82, 2.24) is 10.2 Å². The molecule has 1 heterocycles. The topological polar surface area (TPSA) is 92.8 Å². The molecular weight excluding hydrogens is 391 g/mol. The summed E-state index contributed by atoms with van der Waals surface area (Å²) in [5.41, 5.74) is 1.84. The van der Waals surface area contributed by atoms with Crippen LogP contribution in [0.2, 0.25) is 0 Å². The molecule has 1 aliphatic rings. The Labute approximate surface area is 172 Å². The number of nitrogens with zero attached hydrogens (tertiary/aromatic N) is 1. The SMILES string of the molecule is C[C@@H](OC(=O)CN1C(=O)Cc2ccccc2C1=O)C(=O)NCCc1ccc(F)cc1. The number of halogens is 1. The molecule has 8 heteroatoms. The van der Waals surface area contributed by atoms with Crippen LogP contribution in [0.5, 0.6) is 0 Å². The van der Waals surface area contributed by atoms with Crippen LogP contribution >= 0.6 is 0 Å². The highest BCUT2D eigenvalue weighted by Crippen LogP contribution is 2.19. The first-order valence-corrected chi connectivity index (χ1v) is 9.49. The third-order valence-corrected chi connectivity index (χ3v) is 4.73. The van der Waals surface area contributed by atoms with E-state index in [4.69, 9.17) is 4.74 Å². The molecule has 3 rings (SSSR count). The van der Waals surface area contributed by atoms with Gasteiger partial charge in [0.05, 0.1) is 6.42 Å². The lowest BCUT2D eigenvalue weighted by Gasteiger charge is -2.26. The minimum atomic E-state index is -1.09. The van der Waals surface area contributed by atoms with Crippen molar-refractivity contribution in [3.05, 3.63) is 71.0 Å². The van der Waals surface area contributed by atoms with E-state index in [-0.39, 0.29) is 18.8 Å². The van der Waals surface area contributed by atoms with Crippen molar-refractivity contribution in [2.75, 3.05) is 13.1 Å². The fourth-order valence-corrected chi connectivity index (χ4v) is 3.10. The van der Waals surface area contributed by atoms with Gasteiger partial charge < -0.3 is 10.1 Å². The Kier molecular flexibility index (Phi) is 6.56. The van der Waals surface area contributed by atoms with E-state index in [1.54, 1.807) is 36.4 Å². The highest BCUT2D eigenvalue weighted by Gasteiger charge is 2.33. The second kappa shape index (κ2) is 9.30. The molecule has 0 radical (unpaired) electrons. The molecule has 0 spiro atoms. The molecule has 2 aromatic carbocycles. The Balaban J connectivity index is 1.48. The molecule has 3 amide bonds. The van der Waals surface area contributed by atoms with Crippen molar-refractivity contribution >= 4 is 23.7 Å². The summed E-state index contributed by atoms with van der Waals surface area (Å²) in [6, 6.07) is 12.6. The van der Waals surface area contributed by atoms with Crippen LogP contribution in [0.25, 0.3) is 0 Å². The van der Waals surface area contributed by atoms with Gasteiger partial charge in [0.25, 0.3) is 11.8 Å². The van der Waals surface area contributed by atoms with E-state index < -0.39 is 36.3 Å². The van der Waals surface area contributed by atoms with E-state index in [1.165, 1.54) is 19.1 Å². The van der Waals surface area contributed by atoms with Crippen LogP contribution < -0.4 is 5.32 Å². The number of amides is 3. The van der Waals surface area contributed by atoms with Crippen LogP contribution in [-0.4, -0.2) is 47.8 Å². The summed E-state index contributed by atoms with van der Waals surface area (Å²) in [6.45, 7) is 1.13. The minimum absolute atomic E-state index is 0.0224. The molecule has 30 heavy (non-hydrogen) atoms. The standard InChI is InChI=1S/C22H21FN2O5/c1-14(21(28)24-11-10-15-6-8-17(23)9-7-15)30-20(27)13-25-19(26)12-16-4-2-3-5-18(16)22(25)29/h2-9,14H,10-13H2,1H3,(H,24,28)/t14-/m1/s1. The highest BCUT2D eigenvalue weighted by molar-refractivity contribution is 6.11.